The first-order valence-electron chi connectivity index (χ1n) is 6.46. The molecule has 112 valence electrons. The Bertz CT molecular complexity index is 476. The number of aliphatic carboxylic acids is 1. The van der Waals surface area contributed by atoms with E-state index in [0.29, 0.717) is 5.69 Å². The number of ether oxygens (including phenoxy) is 1. The zero-order valence-electron chi connectivity index (χ0n) is 12.2. The molecule has 0 saturated carbocycles. The fourth-order valence-corrected chi connectivity index (χ4v) is 1.56. The maximum absolute atomic E-state index is 11.6. The molecular formula is C13H21N3O4. The van der Waals surface area contributed by atoms with Crippen molar-refractivity contribution in [1.82, 2.24) is 15.3 Å². The molecule has 1 atom stereocenters. The minimum atomic E-state index is -1.12. The first kappa shape index (κ1) is 16.0. The second kappa shape index (κ2) is 6.40. The van der Waals surface area contributed by atoms with E-state index in [4.69, 9.17) is 9.84 Å². The highest BCUT2D eigenvalue weighted by atomic mass is 16.6. The Labute approximate surface area is 117 Å². The number of rotatable bonds is 5. The lowest BCUT2D eigenvalue weighted by atomic mass is 10.1. The number of carboxylic acid groups (broad SMARTS) is 1. The summed E-state index contributed by atoms with van der Waals surface area (Å²) in [4.78, 5) is 29.9. The number of nitrogens with zero attached hydrogens (tertiary/aromatic N) is 1. The van der Waals surface area contributed by atoms with Crippen molar-refractivity contribution in [2.24, 2.45) is 0 Å². The van der Waals surface area contributed by atoms with Crippen LogP contribution in [-0.4, -0.2) is 38.8 Å². The van der Waals surface area contributed by atoms with E-state index in [9.17, 15) is 9.59 Å². The van der Waals surface area contributed by atoms with Gasteiger partial charge in [-0.15, -0.1) is 0 Å². The molecule has 1 aromatic rings. The number of carboxylic acids is 1. The van der Waals surface area contributed by atoms with Crippen molar-refractivity contribution in [3.05, 3.63) is 17.7 Å². The predicted octanol–water partition coefficient (Wildman–Crippen LogP) is 1.49. The fourth-order valence-electron chi connectivity index (χ4n) is 1.56. The minimum Gasteiger partial charge on any atom is -0.480 e. The molecule has 0 aromatic carbocycles. The van der Waals surface area contributed by atoms with Crippen LogP contribution in [0.5, 0.6) is 0 Å². The quantitative estimate of drug-likeness (QED) is 0.759. The highest BCUT2D eigenvalue weighted by Gasteiger charge is 2.24. The number of nitrogens with one attached hydrogen (secondary N) is 2. The van der Waals surface area contributed by atoms with Gasteiger partial charge in [0, 0.05) is 24.7 Å². The van der Waals surface area contributed by atoms with Crippen LogP contribution in [0.4, 0.5) is 4.79 Å². The number of amides is 1. The van der Waals surface area contributed by atoms with E-state index >= 15 is 0 Å². The Morgan fingerprint density at radius 1 is 1.50 bits per heavy atom. The lowest BCUT2D eigenvalue weighted by Gasteiger charge is -2.21. The third-order valence-electron chi connectivity index (χ3n) is 2.43. The third kappa shape index (κ3) is 5.29. The Morgan fingerprint density at radius 3 is 2.60 bits per heavy atom. The number of hydrogen-bond acceptors (Lipinski definition) is 4. The molecular weight excluding hydrogens is 262 g/mol. The molecule has 7 nitrogen and oxygen atoms in total. The van der Waals surface area contributed by atoms with Crippen LogP contribution in [0.3, 0.4) is 0 Å². The third-order valence-corrected chi connectivity index (χ3v) is 2.43. The van der Waals surface area contributed by atoms with Crippen molar-refractivity contribution >= 4 is 12.1 Å². The molecule has 1 rings (SSSR count). The summed E-state index contributed by atoms with van der Waals surface area (Å²) in [7, 11) is 0. The number of carbonyl (C=O) groups is 2. The lowest BCUT2D eigenvalue weighted by Crippen LogP contribution is -2.44. The number of hydrogen-bond donors (Lipinski definition) is 3. The monoisotopic (exact) mass is 283 g/mol. The van der Waals surface area contributed by atoms with Crippen molar-refractivity contribution in [1.29, 1.82) is 0 Å². The fraction of sp³-hybridized carbons (Fsp3) is 0.615. The van der Waals surface area contributed by atoms with Gasteiger partial charge in [-0.3, -0.25) is 0 Å². The van der Waals surface area contributed by atoms with E-state index in [1.807, 2.05) is 6.92 Å². The maximum atomic E-state index is 11.6. The molecule has 1 unspecified atom stereocenters. The highest BCUT2D eigenvalue weighted by Crippen LogP contribution is 2.08. The normalized spacial score (nSPS) is 12.8. The van der Waals surface area contributed by atoms with Gasteiger partial charge in [-0.1, -0.05) is 6.92 Å². The average molecular weight is 283 g/mol. The standard InChI is InChI=1S/C13H21N3O4/c1-5-10-14-7-8(15-10)6-9(11(17)18)16-12(19)20-13(2,3)4/h7,9H,5-6H2,1-4H3,(H,14,15)(H,16,19)(H,17,18). The summed E-state index contributed by atoms with van der Waals surface area (Å²) in [5.41, 5.74) is -0.0124. The van der Waals surface area contributed by atoms with Gasteiger partial charge >= 0.3 is 12.1 Å². The lowest BCUT2D eigenvalue weighted by molar-refractivity contribution is -0.139. The second-order valence-corrected chi connectivity index (χ2v) is 5.45. The van der Waals surface area contributed by atoms with E-state index in [1.54, 1.807) is 27.0 Å². The van der Waals surface area contributed by atoms with E-state index in [-0.39, 0.29) is 6.42 Å². The van der Waals surface area contributed by atoms with Crippen molar-refractivity contribution < 1.29 is 19.4 Å². The number of aromatic amines is 1. The van der Waals surface area contributed by atoms with E-state index in [0.717, 1.165) is 12.2 Å². The molecule has 0 bridgehead atoms. The number of aryl methyl sites for hydroxylation is 1. The van der Waals surface area contributed by atoms with Crippen LogP contribution < -0.4 is 5.32 Å². The number of H-pyrrole nitrogens is 1. The van der Waals surface area contributed by atoms with E-state index in [1.165, 1.54) is 0 Å². The Hall–Kier alpha value is -2.05. The molecule has 7 heteroatoms. The van der Waals surface area contributed by atoms with Gasteiger partial charge in [-0.2, -0.15) is 0 Å². The molecule has 1 heterocycles. The highest BCUT2D eigenvalue weighted by molar-refractivity contribution is 5.80. The van der Waals surface area contributed by atoms with Gasteiger partial charge in [-0.25, -0.2) is 14.6 Å². The zero-order valence-corrected chi connectivity index (χ0v) is 12.2. The number of carbonyl (C=O) groups excluding carboxylic acids is 1. The summed E-state index contributed by atoms with van der Waals surface area (Å²) in [5, 5.41) is 11.5. The van der Waals surface area contributed by atoms with Crippen LogP contribution in [0.2, 0.25) is 0 Å². The second-order valence-electron chi connectivity index (χ2n) is 5.45. The molecule has 0 aliphatic heterocycles. The van der Waals surface area contributed by atoms with Gasteiger partial charge in [0.25, 0.3) is 0 Å². The molecule has 0 aliphatic carbocycles. The van der Waals surface area contributed by atoms with Gasteiger partial charge < -0.3 is 20.1 Å². The van der Waals surface area contributed by atoms with Crippen LogP contribution in [-0.2, 0) is 22.4 Å². The van der Waals surface area contributed by atoms with Gasteiger partial charge in [0.05, 0.1) is 0 Å². The summed E-state index contributed by atoms with van der Waals surface area (Å²) in [5.74, 6) is -0.343. The molecule has 0 radical (unpaired) electrons. The summed E-state index contributed by atoms with van der Waals surface area (Å²) in [6.45, 7) is 7.08. The largest absolute Gasteiger partial charge is 0.480 e. The number of alkyl carbamates (subject to hydrolysis) is 1. The van der Waals surface area contributed by atoms with Crippen molar-refractivity contribution in [3.63, 3.8) is 0 Å². The van der Waals surface area contributed by atoms with Crippen molar-refractivity contribution in [2.45, 2.75) is 52.2 Å². The Kier molecular flexibility index (Phi) is 5.12. The first-order chi connectivity index (χ1) is 9.21. The Morgan fingerprint density at radius 2 is 2.15 bits per heavy atom. The van der Waals surface area contributed by atoms with Gasteiger partial charge in [-0.05, 0) is 20.8 Å². The Balaban J connectivity index is 2.65. The van der Waals surface area contributed by atoms with Crippen molar-refractivity contribution in [3.8, 4) is 0 Å². The molecule has 20 heavy (non-hydrogen) atoms. The van der Waals surface area contributed by atoms with Crippen LogP contribution in [0.25, 0.3) is 0 Å². The van der Waals surface area contributed by atoms with Crippen LogP contribution in [0.15, 0.2) is 6.20 Å². The number of imidazole rings is 1. The minimum absolute atomic E-state index is 0.127. The summed E-state index contributed by atoms with van der Waals surface area (Å²) in [6, 6.07) is -1.06. The maximum Gasteiger partial charge on any atom is 0.408 e. The van der Waals surface area contributed by atoms with Crippen LogP contribution in [0, 0.1) is 0 Å². The molecule has 3 N–H and O–H groups in total. The molecule has 0 fully saturated rings. The van der Waals surface area contributed by atoms with Crippen LogP contribution >= 0.6 is 0 Å². The molecule has 1 amide bonds. The van der Waals surface area contributed by atoms with E-state index < -0.39 is 23.7 Å². The summed E-state index contributed by atoms with van der Waals surface area (Å²) in [6.07, 6.45) is 1.68. The average Bonchev–Trinajstić information content (AvgIpc) is 2.73. The summed E-state index contributed by atoms with van der Waals surface area (Å²) >= 11 is 0. The molecule has 0 saturated heterocycles. The summed E-state index contributed by atoms with van der Waals surface area (Å²) < 4.78 is 5.04. The molecule has 0 spiro atoms. The van der Waals surface area contributed by atoms with Crippen LogP contribution in [0.1, 0.15) is 39.2 Å². The SMILES string of the molecule is CCc1ncc(CC(NC(=O)OC(C)(C)C)C(=O)O)[nH]1. The number of aromatic nitrogens is 2. The first-order valence-corrected chi connectivity index (χ1v) is 6.46. The topological polar surface area (TPSA) is 104 Å². The smallest absolute Gasteiger partial charge is 0.408 e. The van der Waals surface area contributed by atoms with Crippen molar-refractivity contribution in [2.75, 3.05) is 0 Å². The zero-order chi connectivity index (χ0) is 15.3. The predicted molar refractivity (Wildman–Crippen MR) is 72.5 cm³/mol. The van der Waals surface area contributed by atoms with E-state index in [2.05, 4.69) is 15.3 Å². The molecule has 0 aliphatic rings. The van der Waals surface area contributed by atoms with Gasteiger partial charge in [0.15, 0.2) is 0 Å². The van der Waals surface area contributed by atoms with Gasteiger partial charge in [0.2, 0.25) is 0 Å². The molecule has 1 aromatic heterocycles. The van der Waals surface area contributed by atoms with Gasteiger partial charge in [0.1, 0.15) is 17.5 Å².